The molecule has 0 aliphatic rings. The van der Waals surface area contributed by atoms with Gasteiger partial charge in [-0.2, -0.15) is 0 Å². The molecule has 3 heteroatoms. The highest BCUT2D eigenvalue weighted by atomic mass is 16.6. The number of carbonyl (C=O) groups is 2. The van der Waals surface area contributed by atoms with Gasteiger partial charge in [-0.3, -0.25) is 9.59 Å². The molecule has 0 N–H and O–H groups in total. The average molecular weight is 142 g/mol. The maximum absolute atomic E-state index is 9.81. The summed E-state index contributed by atoms with van der Waals surface area (Å²) in [6.07, 6.45) is 4.60. The Morgan fingerprint density at radius 3 is 1.50 bits per heavy atom. The second kappa shape index (κ2) is 7.70. The van der Waals surface area contributed by atoms with Gasteiger partial charge in [-0.1, -0.05) is 0 Å². The van der Waals surface area contributed by atoms with Gasteiger partial charge in [0, 0.05) is 13.8 Å². The first-order chi connectivity index (χ1) is 4.54. The predicted octanol–water partition coefficient (Wildman–Crippen LogP) is 0.735. The van der Waals surface area contributed by atoms with E-state index < -0.39 is 11.9 Å². The van der Waals surface area contributed by atoms with Gasteiger partial charge in [0.05, 0.1) is 0 Å². The molecule has 0 unspecified atom stereocenters. The standard InChI is InChI=1S/C4H6O3.C3H4/c1-3(5)7-4(2)6;1-3-2/h1-2H3;1H,2H3. The summed E-state index contributed by atoms with van der Waals surface area (Å²) in [7, 11) is 0. The SMILES string of the molecule is C#CC.CC(=O)OC(C)=O. The largest absolute Gasteiger partial charge is 0.394 e. The van der Waals surface area contributed by atoms with E-state index in [9.17, 15) is 9.59 Å². The third-order valence-corrected chi connectivity index (χ3v) is 0.287. The zero-order valence-corrected chi connectivity index (χ0v) is 6.30. The van der Waals surface area contributed by atoms with E-state index in [0.717, 1.165) is 0 Å². The molecule has 10 heavy (non-hydrogen) atoms. The van der Waals surface area contributed by atoms with Crippen molar-refractivity contribution in [2.75, 3.05) is 0 Å². The highest BCUT2D eigenvalue weighted by molar-refractivity contribution is 5.82. The lowest BCUT2D eigenvalue weighted by molar-refractivity contribution is -0.156. The van der Waals surface area contributed by atoms with Crippen LogP contribution in [-0.2, 0) is 14.3 Å². The second-order valence-electron chi connectivity index (χ2n) is 1.37. The van der Waals surface area contributed by atoms with Crippen molar-refractivity contribution in [2.45, 2.75) is 20.8 Å². The third-order valence-electron chi connectivity index (χ3n) is 0.287. The zero-order valence-electron chi connectivity index (χ0n) is 6.30. The fourth-order valence-corrected chi connectivity index (χ4v) is 0.202. The summed E-state index contributed by atoms with van der Waals surface area (Å²) in [5, 5.41) is 0. The topological polar surface area (TPSA) is 43.4 Å². The number of terminal acetylenes is 1. The normalized spacial score (nSPS) is 6.20. The molecule has 0 heterocycles. The Bertz CT molecular complexity index is 141. The van der Waals surface area contributed by atoms with Crippen LogP contribution in [0.5, 0.6) is 0 Å². The number of esters is 2. The minimum Gasteiger partial charge on any atom is -0.394 e. The summed E-state index contributed by atoms with van der Waals surface area (Å²) in [5.41, 5.74) is 0. The Balaban J connectivity index is 0. The number of ether oxygens (including phenoxy) is 1. The van der Waals surface area contributed by atoms with E-state index in [0.29, 0.717) is 0 Å². The van der Waals surface area contributed by atoms with Crippen LogP contribution in [0.15, 0.2) is 0 Å². The van der Waals surface area contributed by atoms with E-state index in [4.69, 9.17) is 0 Å². The third kappa shape index (κ3) is 29.9. The summed E-state index contributed by atoms with van der Waals surface area (Å²) in [4.78, 5) is 19.6. The molecule has 0 rings (SSSR count). The zero-order chi connectivity index (χ0) is 8.57. The van der Waals surface area contributed by atoms with Crippen LogP contribution in [0.4, 0.5) is 0 Å². The summed E-state index contributed by atoms with van der Waals surface area (Å²) < 4.78 is 3.97. The van der Waals surface area contributed by atoms with Crippen molar-refractivity contribution in [3.63, 3.8) is 0 Å². The predicted molar refractivity (Wildman–Crippen MR) is 37.0 cm³/mol. The van der Waals surface area contributed by atoms with Crippen molar-refractivity contribution in [1.82, 2.24) is 0 Å². The smallest absolute Gasteiger partial charge is 0.310 e. The molecule has 0 atom stereocenters. The quantitative estimate of drug-likeness (QED) is 0.284. The lowest BCUT2D eigenvalue weighted by Gasteiger charge is -1.87. The van der Waals surface area contributed by atoms with Crippen LogP contribution >= 0.6 is 0 Å². The van der Waals surface area contributed by atoms with Crippen LogP contribution in [0.1, 0.15) is 20.8 Å². The molecule has 0 aromatic heterocycles. The second-order valence-corrected chi connectivity index (χ2v) is 1.37. The van der Waals surface area contributed by atoms with E-state index in [-0.39, 0.29) is 0 Å². The van der Waals surface area contributed by atoms with Gasteiger partial charge in [0.1, 0.15) is 0 Å². The first-order valence-electron chi connectivity index (χ1n) is 2.61. The highest BCUT2D eigenvalue weighted by Crippen LogP contribution is 1.73. The molecule has 0 amide bonds. The number of rotatable bonds is 0. The lowest BCUT2D eigenvalue weighted by Crippen LogP contribution is -2.03. The van der Waals surface area contributed by atoms with Gasteiger partial charge in [-0.15, -0.1) is 12.3 Å². The maximum atomic E-state index is 9.81. The molecule has 0 aromatic rings. The number of hydrogen-bond acceptors (Lipinski definition) is 3. The average Bonchev–Trinajstić information content (AvgIpc) is 1.62. The number of hydrogen-bond donors (Lipinski definition) is 0. The summed E-state index contributed by atoms with van der Waals surface area (Å²) >= 11 is 0. The summed E-state index contributed by atoms with van der Waals surface area (Å²) in [5.74, 6) is 1.13. The molecular formula is C7H10O3. The van der Waals surface area contributed by atoms with Gasteiger partial charge in [0.2, 0.25) is 0 Å². The van der Waals surface area contributed by atoms with E-state index >= 15 is 0 Å². The van der Waals surface area contributed by atoms with Crippen LogP contribution in [0.2, 0.25) is 0 Å². The van der Waals surface area contributed by atoms with E-state index in [1.807, 2.05) is 0 Å². The van der Waals surface area contributed by atoms with Gasteiger partial charge in [0.15, 0.2) is 0 Å². The first-order valence-corrected chi connectivity index (χ1v) is 2.61. The van der Waals surface area contributed by atoms with E-state index in [1.54, 1.807) is 6.92 Å². The molecule has 56 valence electrons. The van der Waals surface area contributed by atoms with Crippen LogP contribution in [-0.4, -0.2) is 11.9 Å². The van der Waals surface area contributed by atoms with Crippen LogP contribution in [0, 0.1) is 12.3 Å². The molecule has 0 radical (unpaired) electrons. The van der Waals surface area contributed by atoms with Gasteiger partial charge in [-0.25, -0.2) is 0 Å². The fourth-order valence-electron chi connectivity index (χ4n) is 0.202. The van der Waals surface area contributed by atoms with E-state index in [1.165, 1.54) is 13.8 Å². The molecular weight excluding hydrogens is 132 g/mol. The van der Waals surface area contributed by atoms with Crippen molar-refractivity contribution in [1.29, 1.82) is 0 Å². The van der Waals surface area contributed by atoms with Crippen molar-refractivity contribution >= 4 is 11.9 Å². The molecule has 0 saturated heterocycles. The molecule has 0 spiro atoms. The molecule has 0 fully saturated rings. The summed E-state index contributed by atoms with van der Waals surface area (Å²) in [6, 6.07) is 0. The Hall–Kier alpha value is -1.30. The van der Waals surface area contributed by atoms with Gasteiger partial charge >= 0.3 is 11.9 Å². The minimum absolute atomic E-state index is 0.562. The maximum Gasteiger partial charge on any atom is 0.310 e. The molecule has 0 saturated carbocycles. The Labute approximate surface area is 60.4 Å². The monoisotopic (exact) mass is 142 g/mol. The van der Waals surface area contributed by atoms with Crippen LogP contribution in [0.3, 0.4) is 0 Å². The molecule has 0 aromatic carbocycles. The summed E-state index contributed by atoms with van der Waals surface area (Å²) in [6.45, 7) is 4.02. The van der Waals surface area contributed by atoms with Crippen molar-refractivity contribution < 1.29 is 14.3 Å². The fraction of sp³-hybridized carbons (Fsp3) is 0.429. The van der Waals surface area contributed by atoms with Gasteiger partial charge in [0.25, 0.3) is 0 Å². The van der Waals surface area contributed by atoms with Gasteiger partial charge in [-0.05, 0) is 6.92 Å². The lowest BCUT2D eigenvalue weighted by atomic mass is 10.7. The minimum atomic E-state index is -0.562. The molecule has 3 nitrogen and oxygen atoms in total. The first kappa shape index (κ1) is 11.5. The molecule has 0 aliphatic heterocycles. The Morgan fingerprint density at radius 2 is 1.50 bits per heavy atom. The van der Waals surface area contributed by atoms with Crippen molar-refractivity contribution in [2.24, 2.45) is 0 Å². The highest BCUT2D eigenvalue weighted by Gasteiger charge is 1.93. The molecule has 0 bridgehead atoms. The van der Waals surface area contributed by atoms with E-state index in [2.05, 4.69) is 17.1 Å². The van der Waals surface area contributed by atoms with Crippen molar-refractivity contribution in [3.05, 3.63) is 0 Å². The number of carbonyl (C=O) groups excluding carboxylic acids is 2. The Kier molecular flexibility index (Phi) is 8.85. The van der Waals surface area contributed by atoms with Crippen LogP contribution in [0.25, 0.3) is 0 Å². The van der Waals surface area contributed by atoms with Crippen LogP contribution < -0.4 is 0 Å². The Morgan fingerprint density at radius 1 is 1.30 bits per heavy atom. The molecule has 0 aliphatic carbocycles. The van der Waals surface area contributed by atoms with Crippen molar-refractivity contribution in [3.8, 4) is 12.3 Å². The van der Waals surface area contributed by atoms with Gasteiger partial charge < -0.3 is 4.74 Å².